The van der Waals surface area contributed by atoms with E-state index in [4.69, 9.17) is 17.0 Å². The molecule has 0 aliphatic carbocycles. The van der Waals surface area contributed by atoms with Crippen molar-refractivity contribution in [3.8, 4) is 5.75 Å². The molecule has 2 heterocycles. The van der Waals surface area contributed by atoms with Crippen molar-refractivity contribution in [2.75, 3.05) is 23.5 Å². The normalized spacial score (nSPS) is 20.5. The molecule has 1 atom stereocenters. The number of benzene rings is 2. The van der Waals surface area contributed by atoms with Gasteiger partial charge in [-0.15, -0.1) is 0 Å². The minimum absolute atomic E-state index is 0.0225. The monoisotopic (exact) mass is 505 g/mol. The molecule has 1 unspecified atom stereocenters. The third kappa shape index (κ3) is 4.52. The largest absolute Gasteiger partial charge is 0.496 e. The van der Waals surface area contributed by atoms with Gasteiger partial charge in [-0.05, 0) is 99.6 Å². The number of hydrogen-bond donors (Lipinski definition) is 1. The molecule has 0 aromatic heterocycles. The SMILES string of the molecule is CCCN1c2cc(OC)c(/C=C3/C(=O)NC(=S)N(c4ccc(C)c(C)c4)C3=O)cc2C(C)CC1(C)C. The molecule has 1 fully saturated rings. The van der Waals surface area contributed by atoms with E-state index in [0.717, 1.165) is 36.2 Å². The van der Waals surface area contributed by atoms with Crippen molar-refractivity contribution in [2.45, 2.75) is 65.8 Å². The Bertz CT molecular complexity index is 1280. The number of thiocarbonyl (C=S) groups is 1. The number of aryl methyl sites for hydroxylation is 2. The molecule has 0 spiro atoms. The van der Waals surface area contributed by atoms with Crippen molar-refractivity contribution in [2.24, 2.45) is 0 Å². The van der Waals surface area contributed by atoms with E-state index in [1.807, 2.05) is 38.1 Å². The van der Waals surface area contributed by atoms with Crippen LogP contribution in [-0.2, 0) is 9.59 Å². The van der Waals surface area contributed by atoms with Crippen LogP contribution in [0.15, 0.2) is 35.9 Å². The first-order chi connectivity index (χ1) is 17.0. The molecular weight excluding hydrogens is 470 g/mol. The third-order valence-corrected chi connectivity index (χ3v) is 7.62. The van der Waals surface area contributed by atoms with E-state index >= 15 is 0 Å². The molecule has 4 rings (SSSR count). The summed E-state index contributed by atoms with van der Waals surface area (Å²) in [5, 5.41) is 2.76. The first kappa shape index (κ1) is 25.9. The maximum absolute atomic E-state index is 13.6. The van der Waals surface area contributed by atoms with E-state index in [2.05, 4.69) is 44.0 Å². The predicted octanol–water partition coefficient (Wildman–Crippen LogP) is 5.65. The molecule has 2 aromatic rings. The molecule has 2 amide bonds. The first-order valence-corrected chi connectivity index (χ1v) is 12.9. The third-order valence-electron chi connectivity index (χ3n) is 7.33. The molecule has 2 aliphatic rings. The smallest absolute Gasteiger partial charge is 0.270 e. The van der Waals surface area contributed by atoms with E-state index in [-0.39, 0.29) is 16.2 Å². The van der Waals surface area contributed by atoms with Crippen molar-refractivity contribution in [3.05, 3.63) is 58.2 Å². The number of carbonyl (C=O) groups is 2. The minimum atomic E-state index is -0.508. The van der Waals surface area contributed by atoms with Crippen LogP contribution in [0.3, 0.4) is 0 Å². The quantitative estimate of drug-likeness (QED) is 0.323. The topological polar surface area (TPSA) is 61.9 Å². The molecule has 0 saturated carbocycles. The van der Waals surface area contributed by atoms with Crippen LogP contribution in [0.2, 0.25) is 0 Å². The Morgan fingerprint density at radius 2 is 1.89 bits per heavy atom. The van der Waals surface area contributed by atoms with Crippen molar-refractivity contribution >= 4 is 46.6 Å². The Labute approximate surface area is 219 Å². The number of nitrogens with zero attached hydrogens (tertiary/aromatic N) is 2. The Morgan fingerprint density at radius 1 is 1.17 bits per heavy atom. The van der Waals surface area contributed by atoms with Crippen molar-refractivity contribution in [1.29, 1.82) is 0 Å². The fourth-order valence-corrected chi connectivity index (χ4v) is 5.66. The Morgan fingerprint density at radius 3 is 2.53 bits per heavy atom. The van der Waals surface area contributed by atoms with Crippen LogP contribution < -0.4 is 19.9 Å². The van der Waals surface area contributed by atoms with Gasteiger partial charge in [-0.3, -0.25) is 19.8 Å². The van der Waals surface area contributed by atoms with E-state index in [9.17, 15) is 9.59 Å². The van der Waals surface area contributed by atoms with Gasteiger partial charge in [0.05, 0.1) is 12.8 Å². The lowest BCUT2D eigenvalue weighted by Crippen LogP contribution is -2.54. The highest BCUT2D eigenvalue weighted by atomic mass is 32.1. The lowest BCUT2D eigenvalue weighted by molar-refractivity contribution is -0.122. The second-order valence-electron chi connectivity index (χ2n) is 10.4. The van der Waals surface area contributed by atoms with Gasteiger partial charge in [-0.25, -0.2) is 0 Å². The Hall–Kier alpha value is -3.19. The number of anilines is 2. The number of hydrogen-bond acceptors (Lipinski definition) is 5. The number of methoxy groups -OCH3 is 1. The second kappa shape index (κ2) is 9.69. The van der Waals surface area contributed by atoms with Gasteiger partial charge < -0.3 is 9.64 Å². The zero-order chi connectivity index (χ0) is 26.4. The molecule has 0 bridgehead atoms. The fourth-order valence-electron chi connectivity index (χ4n) is 5.38. The van der Waals surface area contributed by atoms with Crippen LogP contribution in [0, 0.1) is 13.8 Å². The molecule has 1 N–H and O–H groups in total. The van der Waals surface area contributed by atoms with Gasteiger partial charge in [0.1, 0.15) is 11.3 Å². The Kier molecular flexibility index (Phi) is 6.97. The molecule has 190 valence electrons. The van der Waals surface area contributed by atoms with E-state index < -0.39 is 11.8 Å². The van der Waals surface area contributed by atoms with Crippen molar-refractivity contribution < 1.29 is 14.3 Å². The highest BCUT2D eigenvalue weighted by molar-refractivity contribution is 7.80. The van der Waals surface area contributed by atoms with Gasteiger partial charge in [-0.1, -0.05) is 19.9 Å². The minimum Gasteiger partial charge on any atom is -0.496 e. The van der Waals surface area contributed by atoms with Gasteiger partial charge in [0.25, 0.3) is 11.8 Å². The number of fused-ring (bicyclic) bond motifs is 1. The summed E-state index contributed by atoms with van der Waals surface area (Å²) < 4.78 is 5.76. The standard InChI is InChI=1S/C29H35N3O3S/c1-8-11-31-24-15-25(35-7)20(13-22(24)19(4)16-29(31,5)6)14-23-26(33)30-28(36)32(27(23)34)21-10-9-17(2)18(3)12-21/h9-10,12-15,19H,8,11,16H2,1-7H3,(H,30,33,36)/b23-14-. The highest BCUT2D eigenvalue weighted by Gasteiger charge is 2.38. The van der Waals surface area contributed by atoms with Crippen molar-refractivity contribution in [1.82, 2.24) is 5.32 Å². The Balaban J connectivity index is 1.81. The van der Waals surface area contributed by atoms with Gasteiger partial charge >= 0.3 is 0 Å². The summed E-state index contributed by atoms with van der Waals surface area (Å²) in [6.07, 6.45) is 3.67. The van der Waals surface area contributed by atoms with Crippen LogP contribution in [-0.4, -0.2) is 36.1 Å². The van der Waals surface area contributed by atoms with E-state index in [1.165, 1.54) is 10.5 Å². The summed E-state index contributed by atoms with van der Waals surface area (Å²) in [6.45, 7) is 13.9. The van der Waals surface area contributed by atoms with Crippen LogP contribution in [0.4, 0.5) is 11.4 Å². The zero-order valence-electron chi connectivity index (χ0n) is 22.2. The van der Waals surface area contributed by atoms with Crippen LogP contribution in [0.1, 0.15) is 68.7 Å². The van der Waals surface area contributed by atoms with Crippen molar-refractivity contribution in [3.63, 3.8) is 0 Å². The maximum Gasteiger partial charge on any atom is 0.270 e. The summed E-state index contributed by atoms with van der Waals surface area (Å²) in [5.74, 6) is -0.0133. The fraction of sp³-hybridized carbons (Fsp3) is 0.414. The van der Waals surface area contributed by atoms with E-state index in [1.54, 1.807) is 13.2 Å². The average molecular weight is 506 g/mol. The van der Waals surface area contributed by atoms with E-state index in [0.29, 0.717) is 22.9 Å². The van der Waals surface area contributed by atoms with Crippen LogP contribution in [0.25, 0.3) is 6.08 Å². The maximum atomic E-state index is 13.6. The number of nitrogens with one attached hydrogen (secondary N) is 1. The molecule has 36 heavy (non-hydrogen) atoms. The summed E-state index contributed by atoms with van der Waals surface area (Å²) in [5.41, 5.74) is 5.87. The molecule has 1 saturated heterocycles. The molecule has 0 radical (unpaired) electrons. The van der Waals surface area contributed by atoms with Crippen LogP contribution >= 0.6 is 12.2 Å². The predicted molar refractivity (Wildman–Crippen MR) is 150 cm³/mol. The second-order valence-corrected chi connectivity index (χ2v) is 10.8. The number of amides is 2. The van der Waals surface area contributed by atoms with Gasteiger partial charge in [0.2, 0.25) is 0 Å². The number of rotatable bonds is 5. The summed E-state index contributed by atoms with van der Waals surface area (Å²) in [7, 11) is 1.62. The number of carbonyl (C=O) groups excluding carboxylic acids is 2. The molecule has 2 aliphatic heterocycles. The summed E-state index contributed by atoms with van der Waals surface area (Å²) >= 11 is 5.38. The zero-order valence-corrected chi connectivity index (χ0v) is 23.0. The van der Waals surface area contributed by atoms with Gasteiger partial charge in [0.15, 0.2) is 5.11 Å². The van der Waals surface area contributed by atoms with Crippen LogP contribution in [0.5, 0.6) is 5.75 Å². The summed E-state index contributed by atoms with van der Waals surface area (Å²) in [4.78, 5) is 30.3. The van der Waals surface area contributed by atoms with Gasteiger partial charge in [0, 0.05) is 29.4 Å². The molecule has 6 nitrogen and oxygen atoms in total. The van der Waals surface area contributed by atoms with Gasteiger partial charge in [-0.2, -0.15) is 0 Å². The highest BCUT2D eigenvalue weighted by Crippen LogP contribution is 2.46. The molecule has 7 heteroatoms. The number of ether oxygens (including phenoxy) is 1. The molecule has 2 aromatic carbocycles. The molecular formula is C29H35N3O3S. The summed E-state index contributed by atoms with van der Waals surface area (Å²) in [6, 6.07) is 9.80. The lowest BCUT2D eigenvalue weighted by Gasteiger charge is -2.48. The first-order valence-electron chi connectivity index (χ1n) is 12.5. The average Bonchev–Trinajstić information content (AvgIpc) is 2.81. The lowest BCUT2D eigenvalue weighted by atomic mass is 9.79.